The average Bonchev–Trinajstić information content (AvgIpc) is 1.94. The summed E-state index contributed by atoms with van der Waals surface area (Å²) in [4.78, 5) is 0. The molecule has 0 aromatic heterocycles. The Morgan fingerprint density at radius 3 is 2.31 bits per heavy atom. The van der Waals surface area contributed by atoms with E-state index in [1.165, 1.54) is 6.07 Å². The Kier molecular flexibility index (Phi) is 3.11. The highest BCUT2D eigenvalue weighted by Crippen LogP contribution is 2.37. The molecule has 0 heterocycles. The minimum Gasteiger partial charge on any atom is -0.399 e. The molecule has 72 valence electrons. The van der Waals surface area contributed by atoms with Gasteiger partial charge in [-0.05, 0) is 50.7 Å². The third kappa shape index (κ3) is 2.49. The number of hydrogen-bond donors (Lipinski definition) is 1. The van der Waals surface area contributed by atoms with E-state index in [0.29, 0.717) is 4.47 Å². The van der Waals surface area contributed by atoms with E-state index in [4.69, 9.17) is 5.73 Å². The molecular weight excluding hydrogens is 362 g/mol. The van der Waals surface area contributed by atoms with Gasteiger partial charge in [0.2, 0.25) is 0 Å². The first-order chi connectivity index (χ1) is 5.82. The number of halogens is 5. The van der Waals surface area contributed by atoms with Crippen LogP contribution in [-0.4, -0.2) is 0 Å². The molecule has 1 aromatic rings. The summed E-state index contributed by atoms with van der Waals surface area (Å²) in [5, 5.41) is 0. The summed E-state index contributed by atoms with van der Waals surface area (Å²) in [5.41, 5.74) is 4.68. The van der Waals surface area contributed by atoms with Crippen molar-refractivity contribution in [1.82, 2.24) is 0 Å². The van der Waals surface area contributed by atoms with Gasteiger partial charge in [0.25, 0.3) is 0 Å². The Hall–Kier alpha value is 0.0200. The van der Waals surface area contributed by atoms with E-state index in [0.717, 1.165) is 6.07 Å². The zero-order valence-corrected chi connectivity index (χ0v) is 9.87. The maximum Gasteiger partial charge on any atom is 0.417 e. The van der Waals surface area contributed by atoms with Gasteiger partial charge in [-0.15, -0.1) is 0 Å². The van der Waals surface area contributed by atoms with Crippen LogP contribution in [-0.2, 0) is 6.18 Å². The van der Waals surface area contributed by atoms with Crippen molar-refractivity contribution < 1.29 is 13.2 Å². The first-order valence-corrected chi connectivity index (χ1v) is 5.01. The van der Waals surface area contributed by atoms with Crippen molar-refractivity contribution in [3.05, 3.63) is 25.7 Å². The topological polar surface area (TPSA) is 26.0 Å². The lowest BCUT2D eigenvalue weighted by Gasteiger charge is -2.11. The molecule has 0 spiro atoms. The van der Waals surface area contributed by atoms with Crippen LogP contribution in [0.1, 0.15) is 5.56 Å². The molecule has 0 aliphatic rings. The SMILES string of the molecule is Nc1cc(Br)c(I)c(C(F)(F)F)c1. The number of rotatable bonds is 0. The summed E-state index contributed by atoms with van der Waals surface area (Å²) in [6.07, 6.45) is -4.35. The van der Waals surface area contributed by atoms with Crippen molar-refractivity contribution >= 4 is 44.2 Å². The second kappa shape index (κ2) is 3.64. The van der Waals surface area contributed by atoms with Crippen LogP contribution < -0.4 is 5.73 Å². The summed E-state index contributed by atoms with van der Waals surface area (Å²) < 4.78 is 37.5. The van der Waals surface area contributed by atoms with Gasteiger partial charge in [0, 0.05) is 13.7 Å². The smallest absolute Gasteiger partial charge is 0.399 e. The molecular formula is C7H4BrF3IN. The molecule has 0 unspecified atom stereocenters. The van der Waals surface area contributed by atoms with Crippen molar-refractivity contribution in [2.45, 2.75) is 6.18 Å². The first kappa shape index (κ1) is 11.1. The van der Waals surface area contributed by atoms with Gasteiger partial charge < -0.3 is 5.73 Å². The van der Waals surface area contributed by atoms with Crippen LogP contribution in [0.25, 0.3) is 0 Å². The van der Waals surface area contributed by atoms with Crippen LogP contribution in [0.3, 0.4) is 0 Å². The van der Waals surface area contributed by atoms with Gasteiger partial charge >= 0.3 is 6.18 Å². The van der Waals surface area contributed by atoms with E-state index in [-0.39, 0.29) is 9.26 Å². The second-order valence-corrected chi connectivity index (χ2v) is 4.30. The van der Waals surface area contributed by atoms with Crippen LogP contribution in [0.4, 0.5) is 18.9 Å². The van der Waals surface area contributed by atoms with Crippen LogP contribution in [0, 0.1) is 3.57 Å². The fraction of sp³-hybridized carbons (Fsp3) is 0.143. The normalized spacial score (nSPS) is 11.8. The van der Waals surface area contributed by atoms with Gasteiger partial charge in [0.15, 0.2) is 0 Å². The third-order valence-electron chi connectivity index (χ3n) is 1.36. The van der Waals surface area contributed by atoms with Crippen molar-refractivity contribution in [1.29, 1.82) is 0 Å². The van der Waals surface area contributed by atoms with Gasteiger partial charge in [-0.1, -0.05) is 0 Å². The number of anilines is 1. The lowest BCUT2D eigenvalue weighted by molar-refractivity contribution is -0.138. The van der Waals surface area contributed by atoms with Crippen LogP contribution in [0.2, 0.25) is 0 Å². The van der Waals surface area contributed by atoms with E-state index >= 15 is 0 Å². The zero-order valence-electron chi connectivity index (χ0n) is 6.12. The second-order valence-electron chi connectivity index (χ2n) is 2.36. The number of benzene rings is 1. The quantitative estimate of drug-likeness (QED) is 0.551. The molecule has 1 nitrogen and oxygen atoms in total. The fourth-order valence-corrected chi connectivity index (χ4v) is 1.91. The standard InChI is InChI=1S/C7H4BrF3IN/c8-5-2-3(13)1-4(6(5)12)7(9,10)11/h1-2H,13H2. The summed E-state index contributed by atoms with van der Waals surface area (Å²) >= 11 is 4.63. The van der Waals surface area contributed by atoms with Crippen molar-refractivity contribution in [2.24, 2.45) is 0 Å². The molecule has 1 rings (SSSR count). The summed E-state index contributed by atoms with van der Waals surface area (Å²) in [7, 11) is 0. The fourth-order valence-electron chi connectivity index (χ4n) is 0.816. The molecule has 0 bridgehead atoms. The molecule has 2 N–H and O–H groups in total. The molecule has 0 radical (unpaired) electrons. The lowest BCUT2D eigenvalue weighted by atomic mass is 10.2. The van der Waals surface area contributed by atoms with Crippen LogP contribution in [0.15, 0.2) is 16.6 Å². The van der Waals surface area contributed by atoms with Gasteiger partial charge in [0.1, 0.15) is 0 Å². The molecule has 0 amide bonds. The van der Waals surface area contributed by atoms with E-state index < -0.39 is 11.7 Å². The first-order valence-electron chi connectivity index (χ1n) is 3.14. The largest absolute Gasteiger partial charge is 0.417 e. The monoisotopic (exact) mass is 365 g/mol. The lowest BCUT2D eigenvalue weighted by Crippen LogP contribution is -2.08. The molecule has 1 aromatic carbocycles. The number of nitrogen functional groups attached to an aromatic ring is 1. The minimum absolute atomic E-state index is 0.0969. The Morgan fingerprint density at radius 2 is 1.85 bits per heavy atom. The Morgan fingerprint density at radius 1 is 1.31 bits per heavy atom. The number of alkyl halides is 3. The number of nitrogens with two attached hydrogens (primary N) is 1. The molecule has 0 aliphatic carbocycles. The molecule has 0 saturated carbocycles. The molecule has 0 fully saturated rings. The molecule has 0 aliphatic heterocycles. The van der Waals surface area contributed by atoms with Gasteiger partial charge in [-0.25, -0.2) is 0 Å². The maximum atomic E-state index is 12.3. The Bertz CT molecular complexity index is 337. The predicted molar refractivity (Wildman–Crippen MR) is 56.3 cm³/mol. The Labute approximate surface area is 94.8 Å². The van der Waals surface area contributed by atoms with Crippen molar-refractivity contribution in [3.63, 3.8) is 0 Å². The van der Waals surface area contributed by atoms with Gasteiger partial charge in [0.05, 0.1) is 5.56 Å². The van der Waals surface area contributed by atoms with E-state index in [2.05, 4.69) is 15.9 Å². The molecule has 6 heteroatoms. The number of hydrogen-bond acceptors (Lipinski definition) is 1. The highest BCUT2D eigenvalue weighted by atomic mass is 127. The summed E-state index contributed by atoms with van der Waals surface area (Å²) in [5.74, 6) is 0. The summed E-state index contributed by atoms with van der Waals surface area (Å²) in [6, 6.07) is 2.36. The molecule has 0 atom stereocenters. The van der Waals surface area contributed by atoms with Crippen LogP contribution >= 0.6 is 38.5 Å². The molecule has 13 heavy (non-hydrogen) atoms. The minimum atomic E-state index is -4.35. The van der Waals surface area contributed by atoms with Gasteiger partial charge in [-0.3, -0.25) is 0 Å². The predicted octanol–water partition coefficient (Wildman–Crippen LogP) is 3.65. The highest BCUT2D eigenvalue weighted by molar-refractivity contribution is 14.1. The summed E-state index contributed by atoms with van der Waals surface area (Å²) in [6.45, 7) is 0. The van der Waals surface area contributed by atoms with E-state index in [9.17, 15) is 13.2 Å². The van der Waals surface area contributed by atoms with E-state index in [1.807, 2.05) is 0 Å². The van der Waals surface area contributed by atoms with Gasteiger partial charge in [-0.2, -0.15) is 13.2 Å². The van der Waals surface area contributed by atoms with Crippen molar-refractivity contribution in [3.8, 4) is 0 Å². The zero-order chi connectivity index (χ0) is 10.2. The average molecular weight is 366 g/mol. The van der Waals surface area contributed by atoms with Crippen LogP contribution in [0.5, 0.6) is 0 Å². The molecule has 0 saturated heterocycles. The Balaban J connectivity index is 3.37. The van der Waals surface area contributed by atoms with E-state index in [1.54, 1.807) is 22.6 Å². The van der Waals surface area contributed by atoms with Crippen molar-refractivity contribution in [2.75, 3.05) is 5.73 Å². The third-order valence-corrected chi connectivity index (χ3v) is 3.88. The maximum absolute atomic E-state index is 12.3. The highest BCUT2D eigenvalue weighted by Gasteiger charge is 2.33.